The van der Waals surface area contributed by atoms with E-state index in [1.54, 1.807) is 0 Å². The summed E-state index contributed by atoms with van der Waals surface area (Å²) < 4.78 is 0. The van der Waals surface area contributed by atoms with Crippen molar-refractivity contribution in [2.75, 3.05) is 0 Å². The van der Waals surface area contributed by atoms with Crippen molar-refractivity contribution in [3.63, 3.8) is 0 Å². The molecule has 3 aliphatic rings. The maximum Gasteiger partial charge on any atom is 1.00 e. The summed E-state index contributed by atoms with van der Waals surface area (Å²) in [5, 5.41) is 29.4. The van der Waals surface area contributed by atoms with Gasteiger partial charge in [-0.3, -0.25) is 9.98 Å². The SMILES string of the molecule is Oc1c(C=N[C@@H]2CCCC[C@H]2N=Cc2cc3ccccc3c([C@H]3c4ccccc4CCC3c3ccccc3)c2O)cc2ccccc2c1-c1c(-c2ccccc2)ccc2c1CCCC2.[C-]=O.[Ru+]. The molecule has 3 aliphatic carbocycles. The Bertz CT molecular complexity index is 3090. The zero-order chi connectivity index (χ0) is 45.0. The number of aliphatic imine (C=N–C) groups is 2. The Morgan fingerprint density at radius 3 is 1.82 bits per heavy atom. The van der Waals surface area contributed by atoms with Crippen LogP contribution in [0, 0.1) is 0 Å². The summed E-state index contributed by atoms with van der Waals surface area (Å²) in [6.07, 6.45) is 14.2. The molecule has 8 aromatic carbocycles. The van der Waals surface area contributed by atoms with Gasteiger partial charge < -0.3 is 21.8 Å². The first-order chi connectivity index (χ1) is 32.6. The summed E-state index contributed by atoms with van der Waals surface area (Å²) >= 11 is 0. The average molecular weight is 964 g/mol. The molecule has 0 aliphatic heterocycles. The van der Waals surface area contributed by atoms with Crippen molar-refractivity contribution in [2.24, 2.45) is 9.98 Å². The number of rotatable bonds is 8. The topological polar surface area (TPSA) is 82.2 Å². The van der Waals surface area contributed by atoms with Gasteiger partial charge in [-0.1, -0.05) is 158 Å². The third kappa shape index (κ3) is 8.93. The fourth-order valence-electron chi connectivity index (χ4n) is 11.4. The van der Waals surface area contributed by atoms with Crippen molar-refractivity contribution in [2.45, 2.75) is 88.1 Å². The molecule has 8 aromatic rings. The van der Waals surface area contributed by atoms with Crippen molar-refractivity contribution in [3.8, 4) is 33.8 Å². The first-order valence-electron chi connectivity index (χ1n) is 23.7. The van der Waals surface area contributed by atoms with E-state index in [-0.39, 0.29) is 49.1 Å². The minimum Gasteiger partial charge on any atom is -0.573 e. The molecule has 0 aromatic heterocycles. The molecule has 1 unspecified atom stereocenters. The molecule has 1 fully saturated rings. The molecule has 4 atom stereocenters. The van der Waals surface area contributed by atoms with Crippen LogP contribution in [-0.4, -0.2) is 41.5 Å². The van der Waals surface area contributed by atoms with Gasteiger partial charge >= 0.3 is 19.5 Å². The van der Waals surface area contributed by atoms with Crippen LogP contribution in [0.15, 0.2) is 168 Å². The van der Waals surface area contributed by atoms with Gasteiger partial charge in [-0.2, -0.15) is 0 Å². The molecule has 2 N–H and O–H groups in total. The van der Waals surface area contributed by atoms with Crippen LogP contribution in [0.2, 0.25) is 0 Å². The van der Waals surface area contributed by atoms with E-state index in [2.05, 4.69) is 165 Å². The van der Waals surface area contributed by atoms with Crippen LogP contribution in [0.25, 0.3) is 43.8 Å². The van der Waals surface area contributed by atoms with Crippen molar-refractivity contribution in [1.29, 1.82) is 0 Å². The minimum absolute atomic E-state index is 0. The Kier molecular flexibility index (Phi) is 14.0. The zero-order valence-corrected chi connectivity index (χ0v) is 39.3. The molecule has 0 heterocycles. The minimum atomic E-state index is -0.0570. The fourth-order valence-corrected chi connectivity index (χ4v) is 11.4. The molecule has 5 nitrogen and oxygen atoms in total. The summed E-state index contributed by atoms with van der Waals surface area (Å²) in [5.41, 5.74) is 13.5. The van der Waals surface area contributed by atoms with E-state index in [9.17, 15) is 10.2 Å². The van der Waals surface area contributed by atoms with Crippen molar-refractivity contribution >= 4 is 40.8 Å². The number of phenols is 2. The predicted molar refractivity (Wildman–Crippen MR) is 271 cm³/mol. The number of hydrogen-bond acceptors (Lipinski definition) is 5. The van der Waals surface area contributed by atoms with E-state index in [0.29, 0.717) is 5.75 Å². The molecule has 2 radical (unpaired) electrons. The van der Waals surface area contributed by atoms with Crippen molar-refractivity contribution < 1.29 is 34.5 Å². The van der Waals surface area contributed by atoms with E-state index in [4.69, 9.17) is 14.8 Å². The Labute approximate surface area is 407 Å². The maximum absolute atomic E-state index is 12.5. The summed E-state index contributed by atoms with van der Waals surface area (Å²) in [6, 6.07) is 55.9. The Hall–Kier alpha value is -6.49. The monoisotopic (exact) mass is 964 g/mol. The van der Waals surface area contributed by atoms with Crippen molar-refractivity contribution in [3.05, 3.63) is 202 Å². The normalized spacial score (nSPS) is 19.0. The van der Waals surface area contributed by atoms with E-state index in [0.717, 1.165) is 118 Å². The molecule has 334 valence electrons. The van der Waals surface area contributed by atoms with Gasteiger partial charge in [0.1, 0.15) is 11.5 Å². The van der Waals surface area contributed by atoms with Gasteiger partial charge in [0.05, 0.1) is 12.1 Å². The van der Waals surface area contributed by atoms with Crippen LogP contribution < -0.4 is 0 Å². The predicted octanol–water partition coefficient (Wildman–Crippen LogP) is 13.9. The molecule has 0 bridgehead atoms. The number of hydrogen-bond donors (Lipinski definition) is 2. The van der Waals surface area contributed by atoms with Gasteiger partial charge in [-0.15, -0.1) is 0 Å². The summed E-state index contributed by atoms with van der Waals surface area (Å²) in [4.78, 5) is 18.1. The molecule has 67 heavy (non-hydrogen) atoms. The molecule has 0 saturated heterocycles. The molecule has 0 spiro atoms. The van der Waals surface area contributed by atoms with Crippen LogP contribution in [-0.2, 0) is 43.5 Å². The zero-order valence-electron chi connectivity index (χ0n) is 37.6. The van der Waals surface area contributed by atoms with Crippen LogP contribution in [0.5, 0.6) is 11.5 Å². The molecule has 6 heteroatoms. The second-order valence-electron chi connectivity index (χ2n) is 18.3. The third-order valence-electron chi connectivity index (χ3n) is 14.6. The van der Waals surface area contributed by atoms with Crippen LogP contribution >= 0.6 is 0 Å². The van der Waals surface area contributed by atoms with Gasteiger partial charge in [0.2, 0.25) is 0 Å². The number of phenolic OH excluding ortho intramolecular Hbond substituents is 2. The Balaban J connectivity index is 0.00000185. The summed E-state index contributed by atoms with van der Waals surface area (Å²) in [5.74, 6) is 0.801. The Morgan fingerprint density at radius 1 is 0.522 bits per heavy atom. The number of carbonyl (C=O) groups excluding carboxylic acids is 1. The summed E-state index contributed by atoms with van der Waals surface area (Å²) in [6.45, 7) is 4.50. The average Bonchev–Trinajstić information content (AvgIpc) is 3.38. The van der Waals surface area contributed by atoms with Crippen LogP contribution in [0.4, 0.5) is 0 Å². The largest absolute Gasteiger partial charge is 1.00 e. The molecule has 0 amide bonds. The first-order valence-corrected chi connectivity index (χ1v) is 23.7. The second kappa shape index (κ2) is 20.6. The van der Waals surface area contributed by atoms with E-state index in [1.807, 2.05) is 12.4 Å². The Morgan fingerprint density at radius 2 is 1.10 bits per heavy atom. The van der Waals surface area contributed by atoms with E-state index < -0.39 is 0 Å². The van der Waals surface area contributed by atoms with Gasteiger partial charge in [-0.05, 0) is 135 Å². The number of fused-ring (bicyclic) bond motifs is 4. The van der Waals surface area contributed by atoms with E-state index in [1.165, 1.54) is 34.2 Å². The number of aromatic hydroxyl groups is 2. The number of benzene rings is 8. The standard InChI is InChI=1S/C60H54N2O2.CO.Ru/c63-59-45(35-43-23-9-13-27-49(43)57(59)55-47-25-11-7-21-41(47)31-33-51(55)39-17-3-1-4-18-39)37-61-53-29-15-16-30-54(53)62-38-46-36-44-24-10-14-28-50(44)58(60(46)64)56-48-26-12-8-22-42(48)32-34-52(56)40-19-5-2-6-20-40;1-2;/h1-7,9-11,13-14,17-21,23-25,27-28,32,34-38,51,53-55,63-64H,8,12,15-16,22,26,29-31,33H2;;/q;-1;+1/t51?,53-,54-,55+;;/m1../s1. The van der Waals surface area contributed by atoms with Crippen LogP contribution in [0.1, 0.15) is 101 Å². The molecular weight excluding hydrogens is 910 g/mol. The third-order valence-corrected chi connectivity index (χ3v) is 14.6. The number of nitrogens with zero attached hydrogens (tertiary/aromatic N) is 2. The van der Waals surface area contributed by atoms with E-state index >= 15 is 0 Å². The van der Waals surface area contributed by atoms with Crippen LogP contribution in [0.3, 0.4) is 0 Å². The van der Waals surface area contributed by atoms with Gasteiger partial charge in [0.15, 0.2) is 0 Å². The molecule has 1 saturated carbocycles. The fraction of sp³-hybridized carbons (Fsp3) is 0.230. The smallest absolute Gasteiger partial charge is 0.573 e. The van der Waals surface area contributed by atoms with Gasteiger partial charge in [0, 0.05) is 40.6 Å². The molecular formula is C61H54N2O3Ru. The number of aryl methyl sites for hydroxylation is 2. The summed E-state index contributed by atoms with van der Waals surface area (Å²) in [7, 11) is 0. The first kappa shape index (κ1) is 45.7. The second-order valence-corrected chi connectivity index (χ2v) is 18.3. The van der Waals surface area contributed by atoms with Crippen molar-refractivity contribution in [1.82, 2.24) is 0 Å². The van der Waals surface area contributed by atoms with Gasteiger partial charge in [0.25, 0.3) is 0 Å². The molecule has 11 rings (SSSR count). The van der Waals surface area contributed by atoms with Gasteiger partial charge in [-0.25, -0.2) is 0 Å². The quantitative estimate of drug-likeness (QED) is 0.0904. The maximum atomic E-state index is 12.5.